The molecule has 0 aromatic heterocycles. The van der Waals surface area contributed by atoms with Gasteiger partial charge in [0.05, 0.1) is 56.8 Å². The minimum atomic E-state index is -1.60. The predicted octanol–water partition coefficient (Wildman–Crippen LogP) is 4.40. The summed E-state index contributed by atoms with van der Waals surface area (Å²) in [6, 6.07) is -1.91. The lowest BCUT2D eigenvalue weighted by Gasteiger charge is -2.40. The van der Waals surface area contributed by atoms with E-state index in [0.717, 1.165) is 70.6 Å². The van der Waals surface area contributed by atoms with Gasteiger partial charge < -0.3 is 91.3 Å². The lowest BCUT2D eigenvalue weighted by atomic mass is 9.98. The third-order valence-corrected chi connectivity index (χ3v) is 14.8. The van der Waals surface area contributed by atoms with E-state index in [4.69, 9.17) is 24.7 Å². The molecule has 15 N–H and O–H groups in total. The summed E-state index contributed by atoms with van der Waals surface area (Å²) in [6.07, 6.45) is 16.2. The lowest BCUT2D eigenvalue weighted by Crippen LogP contribution is -2.60. The average Bonchev–Trinajstić information content (AvgIpc) is 3.40. The van der Waals surface area contributed by atoms with E-state index in [1.165, 1.54) is 109 Å². The summed E-state index contributed by atoms with van der Waals surface area (Å²) in [5, 5.41) is 123. The van der Waals surface area contributed by atoms with Crippen LogP contribution in [0, 0.1) is 0 Å². The fraction of sp³-hybridized carbons (Fsp3) is 0.982. The Kier molecular flexibility index (Phi) is 43.6. The number of nitrogens with two attached hydrogens (primary N) is 1. The second-order valence-electron chi connectivity index (χ2n) is 21.5. The molecule has 19 nitrogen and oxygen atoms in total. The van der Waals surface area contributed by atoms with Gasteiger partial charge in [0.15, 0.2) is 12.6 Å². The van der Waals surface area contributed by atoms with E-state index in [0.29, 0.717) is 19.3 Å². The van der Waals surface area contributed by atoms with Gasteiger partial charge in [0.25, 0.3) is 0 Å². The van der Waals surface area contributed by atoms with Crippen molar-refractivity contribution in [2.24, 2.45) is 5.73 Å². The van der Waals surface area contributed by atoms with Gasteiger partial charge in [-0.15, -0.1) is 0 Å². The SMILES string of the molecule is CCCCCCCCCCCCCC[C@@H](O)[C@@H](O)[C@@H](N)CO[C@H]1OC(CO)[C@H](O)[C@H](O)C1O.CCCCCCCCCCCCCC[C@@H](O)[C@@H](O)[C@H](CO[C@H]1OC(CO)[C@H](O)[C@H](O)C1O)NC(=O)CCCCCCC. The highest BCUT2D eigenvalue weighted by atomic mass is 16.7. The van der Waals surface area contributed by atoms with Gasteiger partial charge in [-0.3, -0.25) is 4.79 Å². The Morgan fingerprint density at radius 1 is 0.453 bits per heavy atom. The fourth-order valence-electron chi connectivity index (χ4n) is 9.59. The topological polar surface area (TPSA) is 335 Å². The number of ether oxygens (including phenoxy) is 4. The molecule has 4 unspecified atom stereocenters. The van der Waals surface area contributed by atoms with Crippen LogP contribution in [0.25, 0.3) is 0 Å². The van der Waals surface area contributed by atoms with Crippen LogP contribution in [-0.4, -0.2) is 192 Å². The van der Waals surface area contributed by atoms with Crippen molar-refractivity contribution in [3.05, 3.63) is 0 Å². The molecular formula is C56H112N2O17. The number of carbonyl (C=O) groups excluding carboxylic acids is 1. The molecule has 2 saturated heterocycles. The third-order valence-electron chi connectivity index (χ3n) is 14.8. The molecule has 2 aliphatic heterocycles. The van der Waals surface area contributed by atoms with Crippen LogP contribution in [0.3, 0.4) is 0 Å². The summed E-state index contributed by atoms with van der Waals surface area (Å²) in [5.74, 6) is -0.273. The van der Waals surface area contributed by atoms with E-state index in [-0.39, 0.29) is 25.5 Å². The van der Waals surface area contributed by atoms with Crippen molar-refractivity contribution in [2.45, 2.75) is 324 Å². The molecule has 0 bridgehead atoms. The summed E-state index contributed by atoms with van der Waals surface area (Å²) in [5.41, 5.74) is 5.91. The molecular weight excluding hydrogens is 973 g/mol. The van der Waals surface area contributed by atoms with Gasteiger partial charge in [0.1, 0.15) is 54.9 Å². The van der Waals surface area contributed by atoms with Gasteiger partial charge >= 0.3 is 0 Å². The van der Waals surface area contributed by atoms with Crippen molar-refractivity contribution in [2.75, 3.05) is 26.4 Å². The first-order chi connectivity index (χ1) is 36.1. The standard InChI is InChI=1S/C32H63NO9.C24H49NO8/c1-3-5-7-9-10-11-12-13-14-15-17-18-20-25(35)28(37)24(33-27(36)21-19-16-8-6-4-2)23-41-32-31(40)30(39)29(38)26(22-34)42-32;1-2-3-4-5-6-7-8-9-10-11-12-13-14-18(27)20(28)17(25)16-32-24-23(31)22(30)21(29)19(15-26)33-24/h24-26,28-32,34-35,37-40H,3-23H2,1-2H3,(H,33,36);17-24,26-31H,2-16,25H2,1H3/t24-,25+,26?,28-,29-,30-,31?,32-;17-,18+,19?,20-,21-,22-,23?,24-/m00/s1. The third kappa shape index (κ3) is 31.4. The Bertz CT molecular complexity index is 1310. The molecule has 0 aromatic carbocycles. The van der Waals surface area contributed by atoms with Crippen molar-refractivity contribution in [1.29, 1.82) is 0 Å². The largest absolute Gasteiger partial charge is 0.394 e. The molecule has 1 amide bonds. The van der Waals surface area contributed by atoms with Gasteiger partial charge in [-0.1, -0.05) is 201 Å². The zero-order valence-corrected chi connectivity index (χ0v) is 46.7. The number of hydrogen-bond acceptors (Lipinski definition) is 18. The maximum atomic E-state index is 12.6. The number of carbonyl (C=O) groups is 1. The number of aliphatic hydroxyl groups is 12. The zero-order valence-electron chi connectivity index (χ0n) is 46.7. The van der Waals surface area contributed by atoms with Gasteiger partial charge in [-0.25, -0.2) is 0 Å². The normalized spacial score (nSPS) is 26.5. The van der Waals surface area contributed by atoms with Crippen molar-refractivity contribution >= 4 is 5.91 Å². The second kappa shape index (κ2) is 45.5. The maximum absolute atomic E-state index is 12.6. The quantitative estimate of drug-likeness (QED) is 0.0376. The Morgan fingerprint density at radius 3 is 1.13 bits per heavy atom. The minimum absolute atomic E-state index is 0.237. The summed E-state index contributed by atoms with van der Waals surface area (Å²) < 4.78 is 21.6. The smallest absolute Gasteiger partial charge is 0.220 e. The Balaban J connectivity index is 0.000000772. The molecule has 2 rings (SSSR count). The Morgan fingerprint density at radius 2 is 0.773 bits per heavy atom. The van der Waals surface area contributed by atoms with Crippen LogP contribution in [0.1, 0.15) is 226 Å². The van der Waals surface area contributed by atoms with E-state index in [1.807, 2.05) is 0 Å². The van der Waals surface area contributed by atoms with Crippen molar-refractivity contribution in [3.63, 3.8) is 0 Å². The number of aliphatic hydroxyl groups excluding tert-OH is 12. The van der Waals surface area contributed by atoms with Gasteiger partial charge in [0.2, 0.25) is 5.91 Å². The minimum Gasteiger partial charge on any atom is -0.394 e. The van der Waals surface area contributed by atoms with E-state index in [2.05, 4.69) is 26.1 Å². The number of nitrogens with one attached hydrogen (secondary N) is 1. The molecule has 448 valence electrons. The molecule has 0 aromatic rings. The Hall–Kier alpha value is -1.21. The first-order valence-corrected chi connectivity index (χ1v) is 29.7. The molecule has 0 saturated carbocycles. The molecule has 16 atom stereocenters. The van der Waals surface area contributed by atoms with Crippen LogP contribution >= 0.6 is 0 Å². The van der Waals surface area contributed by atoms with E-state index in [9.17, 15) is 66.1 Å². The number of unbranched alkanes of at least 4 members (excludes halogenated alkanes) is 26. The molecule has 2 aliphatic rings. The molecule has 0 aliphatic carbocycles. The average molecular weight is 1090 g/mol. The Labute approximate surface area is 451 Å². The van der Waals surface area contributed by atoms with Crippen LogP contribution < -0.4 is 11.1 Å². The highest BCUT2D eigenvalue weighted by molar-refractivity contribution is 5.76. The summed E-state index contributed by atoms with van der Waals surface area (Å²) in [7, 11) is 0. The van der Waals surface area contributed by atoms with Crippen molar-refractivity contribution < 1.29 is 85.0 Å². The fourth-order valence-corrected chi connectivity index (χ4v) is 9.59. The highest BCUT2D eigenvalue weighted by Gasteiger charge is 2.46. The maximum Gasteiger partial charge on any atom is 0.220 e. The van der Waals surface area contributed by atoms with Crippen molar-refractivity contribution in [3.8, 4) is 0 Å². The van der Waals surface area contributed by atoms with Gasteiger partial charge in [0, 0.05) is 6.42 Å². The number of rotatable bonds is 45. The van der Waals surface area contributed by atoms with Crippen LogP contribution in [-0.2, 0) is 23.7 Å². The number of amides is 1. The summed E-state index contributed by atoms with van der Waals surface area (Å²) in [6.45, 7) is 4.89. The van der Waals surface area contributed by atoms with Crippen molar-refractivity contribution in [1.82, 2.24) is 5.32 Å². The predicted molar refractivity (Wildman–Crippen MR) is 288 cm³/mol. The van der Waals surface area contributed by atoms with Crippen LogP contribution in [0.5, 0.6) is 0 Å². The highest BCUT2D eigenvalue weighted by Crippen LogP contribution is 2.25. The monoisotopic (exact) mass is 1080 g/mol. The van der Waals surface area contributed by atoms with Crippen LogP contribution in [0.4, 0.5) is 0 Å². The van der Waals surface area contributed by atoms with E-state index in [1.54, 1.807) is 0 Å². The summed E-state index contributed by atoms with van der Waals surface area (Å²) in [4.78, 5) is 12.6. The van der Waals surface area contributed by atoms with Crippen LogP contribution in [0.2, 0.25) is 0 Å². The molecule has 0 radical (unpaired) electrons. The van der Waals surface area contributed by atoms with Gasteiger partial charge in [-0.2, -0.15) is 0 Å². The molecule has 75 heavy (non-hydrogen) atoms. The first kappa shape index (κ1) is 71.8. The van der Waals surface area contributed by atoms with Crippen LogP contribution in [0.15, 0.2) is 0 Å². The molecule has 2 heterocycles. The lowest BCUT2D eigenvalue weighted by molar-refractivity contribution is -0.303. The number of hydrogen-bond donors (Lipinski definition) is 14. The first-order valence-electron chi connectivity index (χ1n) is 29.7. The van der Waals surface area contributed by atoms with E-state index < -0.39 is 111 Å². The molecule has 19 heteroatoms. The van der Waals surface area contributed by atoms with Gasteiger partial charge in [-0.05, 0) is 19.3 Å². The zero-order chi connectivity index (χ0) is 55.8. The molecule has 0 spiro atoms. The second-order valence-corrected chi connectivity index (χ2v) is 21.5. The summed E-state index contributed by atoms with van der Waals surface area (Å²) >= 11 is 0. The molecule has 2 fully saturated rings. The van der Waals surface area contributed by atoms with E-state index >= 15 is 0 Å².